The molecule has 0 spiro atoms. The molecule has 2 aromatic rings. The molecule has 0 atom stereocenters. The lowest BCUT2D eigenvalue weighted by Crippen LogP contribution is -2.20. The molecular weight excluding hydrogens is 441 g/mol. The maximum absolute atomic E-state index is 13.7. The Kier molecular flexibility index (Phi) is 11.1. The Morgan fingerprint density at radius 1 is 0.914 bits per heavy atom. The lowest BCUT2D eigenvalue weighted by atomic mass is 9.80. The maximum atomic E-state index is 13.7. The Morgan fingerprint density at radius 2 is 1.54 bits per heavy atom. The summed E-state index contributed by atoms with van der Waals surface area (Å²) in [7, 11) is 0. The van der Waals surface area contributed by atoms with Crippen molar-refractivity contribution in [3.63, 3.8) is 0 Å². The molecular formula is C30H38FNO3. The molecule has 0 radical (unpaired) electrons. The fourth-order valence-electron chi connectivity index (χ4n) is 4.79. The number of carbonyl (C=O) groups is 1. The molecule has 0 heterocycles. The number of unbranched alkanes of at least 4 members (excludes halogenated alkanes) is 6. The molecule has 1 aliphatic carbocycles. The van der Waals surface area contributed by atoms with Crippen LogP contribution in [0.25, 0.3) is 0 Å². The van der Waals surface area contributed by atoms with Crippen LogP contribution in [-0.2, 0) is 0 Å². The topological polar surface area (TPSA) is 59.3 Å². The van der Waals surface area contributed by atoms with Crippen molar-refractivity contribution in [2.24, 2.45) is 11.8 Å². The van der Waals surface area contributed by atoms with E-state index in [4.69, 9.17) is 14.7 Å². The van der Waals surface area contributed by atoms with E-state index in [2.05, 4.69) is 6.92 Å². The summed E-state index contributed by atoms with van der Waals surface area (Å²) in [5.41, 5.74) is 0.265. The van der Waals surface area contributed by atoms with Gasteiger partial charge in [0, 0.05) is 6.07 Å². The van der Waals surface area contributed by atoms with Gasteiger partial charge in [0.05, 0.1) is 17.7 Å². The summed E-state index contributed by atoms with van der Waals surface area (Å²) in [5.74, 6) is 0.979. The maximum Gasteiger partial charge on any atom is 0.343 e. The van der Waals surface area contributed by atoms with Crippen LogP contribution in [0.1, 0.15) is 99.9 Å². The molecule has 1 saturated carbocycles. The van der Waals surface area contributed by atoms with Crippen molar-refractivity contribution in [3.05, 3.63) is 59.4 Å². The van der Waals surface area contributed by atoms with Crippen LogP contribution in [-0.4, -0.2) is 12.6 Å². The molecule has 1 aliphatic rings. The predicted molar refractivity (Wildman–Crippen MR) is 136 cm³/mol. The van der Waals surface area contributed by atoms with Crippen molar-refractivity contribution < 1.29 is 18.7 Å². The number of benzene rings is 2. The van der Waals surface area contributed by atoms with E-state index in [9.17, 15) is 9.18 Å². The van der Waals surface area contributed by atoms with Crippen LogP contribution in [0.3, 0.4) is 0 Å². The average molecular weight is 480 g/mol. The van der Waals surface area contributed by atoms with Gasteiger partial charge in [0.25, 0.3) is 0 Å². The zero-order chi connectivity index (χ0) is 24.9. The van der Waals surface area contributed by atoms with E-state index in [1.165, 1.54) is 89.2 Å². The molecule has 0 bridgehead atoms. The molecule has 4 nitrogen and oxygen atoms in total. The lowest BCUT2D eigenvalue weighted by molar-refractivity contribution is 0.0734. The summed E-state index contributed by atoms with van der Waals surface area (Å²) >= 11 is 0. The quantitative estimate of drug-likeness (QED) is 0.165. The van der Waals surface area contributed by atoms with Crippen LogP contribution in [0.2, 0.25) is 0 Å². The molecule has 0 amide bonds. The molecule has 0 saturated heterocycles. The van der Waals surface area contributed by atoms with Crippen LogP contribution >= 0.6 is 0 Å². The van der Waals surface area contributed by atoms with E-state index in [1.807, 2.05) is 0 Å². The second-order valence-corrected chi connectivity index (χ2v) is 9.78. The summed E-state index contributed by atoms with van der Waals surface area (Å²) in [6.45, 7) is 2.97. The van der Waals surface area contributed by atoms with Crippen molar-refractivity contribution in [2.75, 3.05) is 6.61 Å². The average Bonchev–Trinajstić information content (AvgIpc) is 2.88. The largest absolute Gasteiger partial charge is 0.493 e. The fraction of sp³-hybridized carbons (Fsp3) is 0.533. The van der Waals surface area contributed by atoms with Crippen molar-refractivity contribution in [3.8, 4) is 17.6 Å². The monoisotopic (exact) mass is 479 g/mol. The van der Waals surface area contributed by atoms with Crippen molar-refractivity contribution in [1.82, 2.24) is 0 Å². The van der Waals surface area contributed by atoms with Gasteiger partial charge in [-0.1, -0.05) is 71.1 Å². The number of carbonyl (C=O) groups excluding carboxylic acids is 1. The van der Waals surface area contributed by atoms with Gasteiger partial charge < -0.3 is 9.47 Å². The molecule has 188 valence electrons. The van der Waals surface area contributed by atoms with Crippen molar-refractivity contribution in [1.29, 1.82) is 5.26 Å². The zero-order valence-electron chi connectivity index (χ0n) is 20.9. The minimum Gasteiger partial charge on any atom is -0.493 e. The third-order valence-corrected chi connectivity index (χ3v) is 7.03. The molecule has 2 aromatic carbocycles. The number of nitriles is 1. The third kappa shape index (κ3) is 9.02. The summed E-state index contributed by atoms with van der Waals surface area (Å²) in [6.07, 6.45) is 16.1. The lowest BCUT2D eigenvalue weighted by Gasteiger charge is -2.28. The van der Waals surface area contributed by atoms with Crippen LogP contribution in [0.4, 0.5) is 4.39 Å². The highest BCUT2D eigenvalue weighted by atomic mass is 19.1. The van der Waals surface area contributed by atoms with E-state index in [1.54, 1.807) is 30.3 Å². The van der Waals surface area contributed by atoms with Gasteiger partial charge >= 0.3 is 5.97 Å². The highest BCUT2D eigenvalue weighted by Crippen LogP contribution is 2.32. The minimum atomic E-state index is -0.714. The van der Waals surface area contributed by atoms with Crippen LogP contribution in [0.5, 0.6) is 11.5 Å². The van der Waals surface area contributed by atoms with Gasteiger partial charge in [-0.05, 0) is 61.1 Å². The number of ether oxygens (including phenoxy) is 2. The third-order valence-electron chi connectivity index (χ3n) is 7.03. The Balaban J connectivity index is 1.33. The highest BCUT2D eigenvalue weighted by Gasteiger charge is 2.21. The number of hydrogen-bond donors (Lipinski definition) is 0. The predicted octanol–water partition coefficient (Wildman–Crippen LogP) is 8.24. The molecule has 0 N–H and O–H groups in total. The Bertz CT molecular complexity index is 959. The molecule has 0 unspecified atom stereocenters. The molecule has 0 aliphatic heterocycles. The molecule has 3 rings (SSSR count). The Labute approximate surface area is 209 Å². The van der Waals surface area contributed by atoms with Gasteiger partial charge in [-0.2, -0.15) is 5.26 Å². The smallest absolute Gasteiger partial charge is 0.343 e. The highest BCUT2D eigenvalue weighted by molar-refractivity contribution is 5.91. The van der Waals surface area contributed by atoms with Gasteiger partial charge in [0.1, 0.15) is 23.4 Å². The first-order valence-corrected chi connectivity index (χ1v) is 13.2. The van der Waals surface area contributed by atoms with Crippen LogP contribution in [0.15, 0.2) is 42.5 Å². The molecule has 35 heavy (non-hydrogen) atoms. The summed E-state index contributed by atoms with van der Waals surface area (Å²) in [6, 6.07) is 12.3. The number of hydrogen-bond acceptors (Lipinski definition) is 4. The normalized spacial score (nSPS) is 17.5. The number of halogens is 1. The minimum absolute atomic E-state index is 0.0643. The summed E-state index contributed by atoms with van der Waals surface area (Å²) < 4.78 is 24.9. The fourth-order valence-corrected chi connectivity index (χ4v) is 4.79. The first-order chi connectivity index (χ1) is 17.1. The number of nitrogens with zero attached hydrogens (tertiary/aromatic N) is 1. The number of esters is 1. The van der Waals surface area contributed by atoms with E-state index >= 15 is 0 Å². The van der Waals surface area contributed by atoms with Crippen LogP contribution in [0, 0.1) is 29.0 Å². The SMILES string of the molecule is CCCCCCCCCC1CCC(COc2ccc(C(=O)Oc3ccc(C#N)c(F)c3)cc2)CC1. The van der Waals surface area contributed by atoms with Crippen LogP contribution < -0.4 is 9.47 Å². The Morgan fingerprint density at radius 3 is 2.20 bits per heavy atom. The van der Waals surface area contributed by atoms with E-state index in [0.717, 1.165) is 17.7 Å². The Hall–Kier alpha value is -2.87. The van der Waals surface area contributed by atoms with E-state index in [-0.39, 0.29) is 11.3 Å². The van der Waals surface area contributed by atoms with E-state index < -0.39 is 11.8 Å². The van der Waals surface area contributed by atoms with E-state index in [0.29, 0.717) is 18.1 Å². The molecule has 5 heteroatoms. The zero-order valence-corrected chi connectivity index (χ0v) is 20.9. The number of rotatable bonds is 13. The standard InChI is InChI=1S/C30H38FNO3/c1-2-3-4-5-6-7-8-9-23-10-12-24(13-11-23)22-34-27-17-14-25(15-18-27)30(33)35-28-19-16-26(21-32)29(31)20-28/h14-20,23-24H,2-13,22H2,1H3. The van der Waals surface area contributed by atoms with Gasteiger partial charge in [-0.15, -0.1) is 0 Å². The molecule has 1 fully saturated rings. The second kappa shape index (κ2) is 14.5. The summed E-state index contributed by atoms with van der Waals surface area (Å²) in [5, 5.41) is 8.79. The van der Waals surface area contributed by atoms with Crippen molar-refractivity contribution >= 4 is 5.97 Å². The summed E-state index contributed by atoms with van der Waals surface area (Å²) in [4.78, 5) is 12.3. The van der Waals surface area contributed by atoms with Crippen molar-refractivity contribution in [2.45, 2.75) is 84.0 Å². The first-order valence-electron chi connectivity index (χ1n) is 13.2. The molecule has 0 aromatic heterocycles. The van der Waals surface area contributed by atoms with Gasteiger partial charge in [0.15, 0.2) is 0 Å². The van der Waals surface area contributed by atoms with Gasteiger partial charge in [-0.3, -0.25) is 0 Å². The first kappa shape index (κ1) is 26.7. The van der Waals surface area contributed by atoms with Gasteiger partial charge in [-0.25, -0.2) is 9.18 Å². The second-order valence-electron chi connectivity index (χ2n) is 9.78. The van der Waals surface area contributed by atoms with Gasteiger partial charge in [0.2, 0.25) is 0 Å².